The molecule has 0 heterocycles. The summed E-state index contributed by atoms with van der Waals surface area (Å²) in [6.45, 7) is 17.2. The van der Waals surface area contributed by atoms with E-state index in [1.54, 1.807) is 0 Å². The number of rotatable bonds is 3. The van der Waals surface area contributed by atoms with E-state index >= 15 is 0 Å². The van der Waals surface area contributed by atoms with Crippen LogP contribution in [0, 0.1) is 28.6 Å². The average molecular weight is 349 g/mol. The van der Waals surface area contributed by atoms with Crippen LogP contribution in [0.4, 0.5) is 0 Å². The van der Waals surface area contributed by atoms with E-state index in [9.17, 15) is 9.90 Å². The van der Waals surface area contributed by atoms with Gasteiger partial charge in [-0.2, -0.15) is 0 Å². The van der Waals surface area contributed by atoms with Crippen molar-refractivity contribution < 1.29 is 9.90 Å². The number of aliphatic hydroxyl groups is 1. The maximum absolute atomic E-state index is 10.8. The molecule has 2 rings (SSSR count). The van der Waals surface area contributed by atoms with Crippen LogP contribution in [0.1, 0.15) is 81.1 Å². The maximum atomic E-state index is 10.8. The van der Waals surface area contributed by atoms with Gasteiger partial charge in [0, 0.05) is 10.8 Å². The Hall–Kier alpha value is -0.890. The minimum Gasteiger partial charge on any atom is -0.392 e. The van der Waals surface area contributed by atoms with Gasteiger partial charge in [0.05, 0.1) is 6.10 Å². The summed E-state index contributed by atoms with van der Waals surface area (Å²) in [6.07, 6.45) is 9.84. The molecule has 0 aromatic carbocycles. The van der Waals surface area contributed by atoms with Crippen LogP contribution in [0.5, 0.6) is 0 Å². The second-order valence-electron chi connectivity index (χ2n) is 9.42. The van der Waals surface area contributed by atoms with Crippen molar-refractivity contribution in [1.29, 1.82) is 0 Å². The molecule has 0 aliphatic heterocycles. The molecular formula is C23H40O2. The molecule has 0 aromatic rings. The SMILES string of the molecule is CC1=CC(C)C(C)(C(O)C(C)C)CC1.CC1=CC(C)C(C)(C=O)CC1. The lowest BCUT2D eigenvalue weighted by Crippen LogP contribution is -2.42. The Bertz CT molecular complexity index is 516. The minimum atomic E-state index is -0.179. The second kappa shape index (κ2) is 8.66. The molecule has 0 saturated carbocycles. The fourth-order valence-electron chi connectivity index (χ4n) is 4.13. The molecule has 25 heavy (non-hydrogen) atoms. The highest BCUT2D eigenvalue weighted by molar-refractivity contribution is 5.60. The third-order valence-corrected chi connectivity index (χ3v) is 6.84. The highest BCUT2D eigenvalue weighted by atomic mass is 16.3. The predicted molar refractivity (Wildman–Crippen MR) is 107 cm³/mol. The summed E-state index contributed by atoms with van der Waals surface area (Å²) in [4.78, 5) is 10.8. The quantitative estimate of drug-likeness (QED) is 0.505. The number of aliphatic hydroxyl groups excluding tert-OH is 1. The molecule has 5 unspecified atom stereocenters. The number of carbonyl (C=O) groups is 1. The summed E-state index contributed by atoms with van der Waals surface area (Å²) >= 11 is 0. The van der Waals surface area contributed by atoms with Crippen molar-refractivity contribution in [2.45, 2.75) is 87.2 Å². The normalized spacial score (nSPS) is 36.7. The Morgan fingerprint density at radius 1 is 1.04 bits per heavy atom. The van der Waals surface area contributed by atoms with E-state index in [4.69, 9.17) is 0 Å². The second-order valence-corrected chi connectivity index (χ2v) is 9.42. The molecule has 0 spiro atoms. The zero-order valence-electron chi connectivity index (χ0n) is 17.7. The molecule has 0 radical (unpaired) electrons. The van der Waals surface area contributed by atoms with Gasteiger partial charge in [-0.1, -0.05) is 64.8 Å². The summed E-state index contributed by atoms with van der Waals surface area (Å²) in [5.74, 6) is 1.26. The molecule has 0 bridgehead atoms. The van der Waals surface area contributed by atoms with E-state index in [0.29, 0.717) is 17.8 Å². The molecule has 2 aliphatic rings. The number of carbonyl (C=O) groups excluding carboxylic acids is 1. The predicted octanol–water partition coefficient (Wildman–Crippen LogP) is 5.95. The zero-order chi connectivity index (χ0) is 19.4. The number of allylic oxidation sites excluding steroid dienone is 4. The Morgan fingerprint density at radius 2 is 1.52 bits per heavy atom. The topological polar surface area (TPSA) is 37.3 Å². The van der Waals surface area contributed by atoms with Gasteiger partial charge >= 0.3 is 0 Å². The number of hydrogen-bond acceptors (Lipinski definition) is 2. The Balaban J connectivity index is 0.000000257. The lowest BCUT2D eigenvalue weighted by molar-refractivity contribution is -0.117. The standard InChI is InChI=1S/C13H24O.C10H16O/c1-9(2)12(14)13(5)7-6-10(3)8-11(13)4;1-8-4-5-10(3,7-11)9(2)6-8/h8-9,11-12,14H,6-7H2,1-5H3;6-7,9H,4-5H2,1-3H3. The Labute approximate surface area is 155 Å². The van der Waals surface area contributed by atoms with Crippen LogP contribution in [-0.4, -0.2) is 17.5 Å². The largest absolute Gasteiger partial charge is 0.392 e. The van der Waals surface area contributed by atoms with Gasteiger partial charge in [-0.05, 0) is 57.3 Å². The fourth-order valence-corrected chi connectivity index (χ4v) is 4.13. The molecule has 5 atom stereocenters. The Kier molecular flexibility index (Phi) is 7.68. The van der Waals surface area contributed by atoms with Crippen LogP contribution in [0.2, 0.25) is 0 Å². The molecule has 0 fully saturated rings. The highest BCUT2D eigenvalue weighted by Gasteiger charge is 2.40. The first kappa shape index (κ1) is 22.2. The van der Waals surface area contributed by atoms with Crippen molar-refractivity contribution in [3.8, 4) is 0 Å². The van der Waals surface area contributed by atoms with Crippen LogP contribution in [0.15, 0.2) is 23.3 Å². The molecule has 0 saturated heterocycles. The van der Waals surface area contributed by atoms with Gasteiger partial charge in [0.2, 0.25) is 0 Å². The van der Waals surface area contributed by atoms with Gasteiger partial charge in [-0.15, -0.1) is 0 Å². The summed E-state index contributed by atoms with van der Waals surface area (Å²) in [6, 6.07) is 0. The van der Waals surface area contributed by atoms with Crippen LogP contribution in [-0.2, 0) is 4.79 Å². The summed E-state index contributed by atoms with van der Waals surface area (Å²) in [5, 5.41) is 10.2. The first-order valence-electron chi connectivity index (χ1n) is 9.95. The van der Waals surface area contributed by atoms with Crippen molar-refractivity contribution in [2.75, 3.05) is 0 Å². The first-order chi connectivity index (χ1) is 11.5. The number of aldehydes is 1. The van der Waals surface area contributed by atoms with Crippen LogP contribution < -0.4 is 0 Å². The third-order valence-electron chi connectivity index (χ3n) is 6.84. The monoisotopic (exact) mass is 348 g/mol. The van der Waals surface area contributed by atoms with Crippen LogP contribution in [0.25, 0.3) is 0 Å². The lowest BCUT2D eigenvalue weighted by Gasteiger charge is -2.43. The highest BCUT2D eigenvalue weighted by Crippen LogP contribution is 2.44. The molecule has 0 aromatic heterocycles. The van der Waals surface area contributed by atoms with E-state index in [2.05, 4.69) is 60.6 Å². The smallest absolute Gasteiger partial charge is 0.126 e. The van der Waals surface area contributed by atoms with Gasteiger partial charge in [-0.25, -0.2) is 0 Å². The molecular weight excluding hydrogens is 308 g/mol. The van der Waals surface area contributed by atoms with Gasteiger partial charge in [-0.3, -0.25) is 0 Å². The maximum Gasteiger partial charge on any atom is 0.126 e. The average Bonchev–Trinajstić information content (AvgIpc) is 2.55. The van der Waals surface area contributed by atoms with E-state index in [1.165, 1.54) is 11.1 Å². The van der Waals surface area contributed by atoms with Gasteiger partial charge < -0.3 is 9.90 Å². The lowest BCUT2D eigenvalue weighted by atomic mass is 9.64. The van der Waals surface area contributed by atoms with E-state index in [1.807, 2.05) is 6.92 Å². The van der Waals surface area contributed by atoms with Gasteiger partial charge in [0.1, 0.15) is 6.29 Å². The van der Waals surface area contributed by atoms with Gasteiger partial charge in [0.25, 0.3) is 0 Å². The van der Waals surface area contributed by atoms with Crippen LogP contribution in [0.3, 0.4) is 0 Å². The van der Waals surface area contributed by atoms with Gasteiger partial charge in [0.15, 0.2) is 0 Å². The zero-order valence-corrected chi connectivity index (χ0v) is 17.7. The van der Waals surface area contributed by atoms with E-state index in [-0.39, 0.29) is 16.9 Å². The van der Waals surface area contributed by atoms with E-state index in [0.717, 1.165) is 32.0 Å². The molecule has 144 valence electrons. The van der Waals surface area contributed by atoms with Crippen molar-refractivity contribution in [3.63, 3.8) is 0 Å². The molecule has 2 aliphatic carbocycles. The third kappa shape index (κ3) is 5.29. The number of hydrogen-bond donors (Lipinski definition) is 1. The van der Waals surface area contributed by atoms with E-state index < -0.39 is 0 Å². The summed E-state index contributed by atoms with van der Waals surface area (Å²) in [7, 11) is 0. The Morgan fingerprint density at radius 3 is 1.92 bits per heavy atom. The first-order valence-corrected chi connectivity index (χ1v) is 9.95. The fraction of sp³-hybridized carbons (Fsp3) is 0.783. The van der Waals surface area contributed by atoms with Crippen molar-refractivity contribution in [2.24, 2.45) is 28.6 Å². The van der Waals surface area contributed by atoms with Crippen molar-refractivity contribution in [1.82, 2.24) is 0 Å². The summed E-state index contributed by atoms with van der Waals surface area (Å²) < 4.78 is 0. The van der Waals surface area contributed by atoms with Crippen molar-refractivity contribution >= 4 is 6.29 Å². The van der Waals surface area contributed by atoms with Crippen molar-refractivity contribution in [3.05, 3.63) is 23.3 Å². The minimum absolute atomic E-state index is 0.0771. The molecule has 1 N–H and O–H groups in total. The van der Waals surface area contributed by atoms with Crippen LogP contribution >= 0.6 is 0 Å². The molecule has 2 nitrogen and oxygen atoms in total. The molecule has 2 heteroatoms. The molecule has 0 amide bonds. The summed E-state index contributed by atoms with van der Waals surface area (Å²) in [5.41, 5.74) is 2.88.